The van der Waals surface area contributed by atoms with E-state index >= 15 is 0 Å². The van der Waals surface area contributed by atoms with Crippen molar-refractivity contribution in [2.75, 3.05) is 0 Å². The van der Waals surface area contributed by atoms with E-state index in [9.17, 15) is 0 Å². The van der Waals surface area contributed by atoms with Crippen molar-refractivity contribution in [3.8, 4) is 11.5 Å². The maximum atomic E-state index is 6.40. The molecule has 2 heterocycles. The molecule has 0 bridgehead atoms. The lowest BCUT2D eigenvalue weighted by Crippen LogP contribution is -1.79. The molecule has 0 saturated carbocycles. The molecule has 0 aliphatic rings. The zero-order valence-corrected chi connectivity index (χ0v) is 12.7. The third-order valence-corrected chi connectivity index (χ3v) is 4.31. The molecular weight excluding hydrogens is 310 g/mol. The number of furan rings is 1. The monoisotopic (exact) mass is 319 g/mol. The third kappa shape index (κ3) is 1.80. The summed E-state index contributed by atoms with van der Waals surface area (Å²) in [6.07, 6.45) is 0. The Morgan fingerprint density at radius 1 is 0.783 bits per heavy atom. The van der Waals surface area contributed by atoms with Crippen molar-refractivity contribution in [1.82, 2.24) is 4.98 Å². The van der Waals surface area contributed by atoms with Crippen LogP contribution in [0.25, 0.3) is 44.5 Å². The zero-order chi connectivity index (χ0) is 15.4. The molecule has 3 nitrogen and oxygen atoms in total. The quantitative estimate of drug-likeness (QED) is 0.377. The first kappa shape index (κ1) is 12.7. The van der Waals surface area contributed by atoms with Crippen LogP contribution in [-0.2, 0) is 0 Å². The van der Waals surface area contributed by atoms with Crippen LogP contribution in [0.2, 0.25) is 5.02 Å². The second-order valence-corrected chi connectivity index (χ2v) is 5.79. The van der Waals surface area contributed by atoms with Crippen molar-refractivity contribution in [1.29, 1.82) is 0 Å². The Labute approximate surface area is 136 Å². The first-order chi connectivity index (χ1) is 11.3. The molecule has 110 valence electrons. The maximum absolute atomic E-state index is 6.40. The minimum Gasteiger partial charge on any atom is -0.455 e. The van der Waals surface area contributed by atoms with Crippen molar-refractivity contribution in [2.24, 2.45) is 0 Å². The van der Waals surface area contributed by atoms with Crippen LogP contribution in [0, 0.1) is 0 Å². The summed E-state index contributed by atoms with van der Waals surface area (Å²) in [6, 6.07) is 19.3. The summed E-state index contributed by atoms with van der Waals surface area (Å²) in [7, 11) is 0. The topological polar surface area (TPSA) is 39.2 Å². The summed E-state index contributed by atoms with van der Waals surface area (Å²) < 4.78 is 11.9. The first-order valence-electron chi connectivity index (χ1n) is 7.27. The molecule has 0 atom stereocenters. The Morgan fingerprint density at radius 3 is 2.43 bits per heavy atom. The molecular formula is C19H10ClNO2. The van der Waals surface area contributed by atoms with Gasteiger partial charge in [-0.15, -0.1) is 0 Å². The van der Waals surface area contributed by atoms with Gasteiger partial charge in [-0.25, -0.2) is 4.98 Å². The predicted molar refractivity (Wildman–Crippen MR) is 91.7 cm³/mol. The molecule has 5 rings (SSSR count). The largest absolute Gasteiger partial charge is 0.455 e. The number of oxazole rings is 1. The highest BCUT2D eigenvalue weighted by Gasteiger charge is 2.18. The van der Waals surface area contributed by atoms with E-state index in [0.29, 0.717) is 16.5 Å². The van der Waals surface area contributed by atoms with Gasteiger partial charge in [-0.05, 0) is 30.3 Å². The van der Waals surface area contributed by atoms with Crippen molar-refractivity contribution in [2.45, 2.75) is 0 Å². The lowest BCUT2D eigenvalue weighted by Gasteiger charge is -1.99. The molecule has 5 aromatic rings. The smallest absolute Gasteiger partial charge is 0.231 e. The van der Waals surface area contributed by atoms with Crippen LogP contribution in [0.1, 0.15) is 0 Å². The van der Waals surface area contributed by atoms with Gasteiger partial charge in [0.05, 0.1) is 10.6 Å². The number of fused-ring (bicyclic) bond motifs is 4. The van der Waals surface area contributed by atoms with Gasteiger partial charge >= 0.3 is 0 Å². The number of hydrogen-bond acceptors (Lipinski definition) is 3. The lowest BCUT2D eigenvalue weighted by atomic mass is 10.1. The summed E-state index contributed by atoms with van der Waals surface area (Å²) in [5.74, 6) is 0.534. The predicted octanol–water partition coefficient (Wildman–Crippen LogP) is 6.05. The Balaban J connectivity index is 1.89. The summed E-state index contributed by atoms with van der Waals surface area (Å²) >= 11 is 6.40. The fourth-order valence-electron chi connectivity index (χ4n) is 2.94. The molecule has 0 saturated heterocycles. The molecule has 0 spiro atoms. The molecule has 4 heteroatoms. The van der Waals surface area contributed by atoms with E-state index in [1.54, 1.807) is 0 Å². The fourth-order valence-corrected chi connectivity index (χ4v) is 3.19. The van der Waals surface area contributed by atoms with Crippen LogP contribution in [0.4, 0.5) is 0 Å². The number of para-hydroxylation sites is 3. The van der Waals surface area contributed by atoms with Gasteiger partial charge in [0.2, 0.25) is 5.89 Å². The number of nitrogens with zero attached hydrogens (tertiary/aromatic N) is 1. The van der Waals surface area contributed by atoms with Crippen molar-refractivity contribution >= 4 is 44.6 Å². The number of hydrogen-bond donors (Lipinski definition) is 0. The van der Waals surface area contributed by atoms with Gasteiger partial charge in [-0.2, -0.15) is 0 Å². The van der Waals surface area contributed by atoms with Crippen molar-refractivity contribution in [3.63, 3.8) is 0 Å². The van der Waals surface area contributed by atoms with Crippen molar-refractivity contribution < 1.29 is 8.83 Å². The van der Waals surface area contributed by atoms with Gasteiger partial charge in [-0.3, -0.25) is 0 Å². The van der Waals surface area contributed by atoms with E-state index in [1.165, 1.54) is 0 Å². The Morgan fingerprint density at radius 2 is 1.57 bits per heavy atom. The van der Waals surface area contributed by atoms with Crippen LogP contribution >= 0.6 is 11.6 Å². The summed E-state index contributed by atoms with van der Waals surface area (Å²) in [6.45, 7) is 0. The van der Waals surface area contributed by atoms with Gasteiger partial charge in [0.1, 0.15) is 16.7 Å². The average molecular weight is 320 g/mol. The second-order valence-electron chi connectivity index (χ2n) is 5.38. The zero-order valence-electron chi connectivity index (χ0n) is 11.9. The molecule has 0 radical (unpaired) electrons. The minimum atomic E-state index is 0.534. The summed E-state index contributed by atoms with van der Waals surface area (Å²) in [5, 5.41) is 2.54. The van der Waals surface area contributed by atoms with E-state index in [0.717, 1.165) is 33.0 Å². The Bertz CT molecular complexity index is 1150. The summed E-state index contributed by atoms with van der Waals surface area (Å²) in [4.78, 5) is 4.56. The van der Waals surface area contributed by atoms with Crippen LogP contribution in [0.5, 0.6) is 0 Å². The van der Waals surface area contributed by atoms with Gasteiger partial charge in [0.15, 0.2) is 5.58 Å². The minimum absolute atomic E-state index is 0.534. The van der Waals surface area contributed by atoms with E-state index < -0.39 is 0 Å². The fraction of sp³-hybridized carbons (Fsp3) is 0. The number of halogens is 1. The SMILES string of the molecule is Clc1ccc(-c2nc3ccccc3o2)c2oc3ccccc3c12. The van der Waals surface area contributed by atoms with Crippen LogP contribution in [-0.4, -0.2) is 4.98 Å². The highest BCUT2D eigenvalue weighted by Crippen LogP contribution is 2.39. The van der Waals surface area contributed by atoms with Crippen molar-refractivity contribution in [3.05, 3.63) is 65.7 Å². The standard InChI is InChI=1S/C19H10ClNO2/c20-13-10-9-12(19-21-14-6-2-4-8-16(14)23-19)18-17(13)11-5-1-3-7-15(11)22-18/h1-10H. The van der Waals surface area contributed by atoms with Gasteiger partial charge in [-0.1, -0.05) is 41.9 Å². The highest BCUT2D eigenvalue weighted by atomic mass is 35.5. The molecule has 3 aromatic carbocycles. The van der Waals surface area contributed by atoms with Gasteiger partial charge < -0.3 is 8.83 Å². The number of rotatable bonds is 1. The molecule has 0 amide bonds. The van der Waals surface area contributed by atoms with E-state index in [-0.39, 0.29) is 0 Å². The number of benzene rings is 3. The molecule has 0 fully saturated rings. The van der Waals surface area contributed by atoms with Gasteiger partial charge in [0, 0.05) is 10.8 Å². The molecule has 2 aromatic heterocycles. The average Bonchev–Trinajstić information content (AvgIpc) is 3.16. The van der Waals surface area contributed by atoms with E-state index in [1.807, 2.05) is 60.7 Å². The molecule has 0 N–H and O–H groups in total. The Kier molecular flexibility index (Phi) is 2.55. The maximum Gasteiger partial charge on any atom is 0.231 e. The normalized spacial score (nSPS) is 11.7. The van der Waals surface area contributed by atoms with Gasteiger partial charge in [0.25, 0.3) is 0 Å². The molecule has 0 aliphatic heterocycles. The number of aromatic nitrogens is 1. The molecule has 0 unspecified atom stereocenters. The first-order valence-corrected chi connectivity index (χ1v) is 7.65. The molecule has 23 heavy (non-hydrogen) atoms. The van der Waals surface area contributed by atoms with Crippen LogP contribution < -0.4 is 0 Å². The van der Waals surface area contributed by atoms with E-state index in [2.05, 4.69) is 4.98 Å². The van der Waals surface area contributed by atoms with Crippen LogP contribution in [0.3, 0.4) is 0 Å². The summed E-state index contributed by atoms with van der Waals surface area (Å²) in [5.41, 5.74) is 3.87. The Hall–Kier alpha value is -2.78. The third-order valence-electron chi connectivity index (χ3n) is 4.00. The second kappa shape index (κ2) is 4.61. The van der Waals surface area contributed by atoms with Crippen LogP contribution in [0.15, 0.2) is 69.5 Å². The molecule has 0 aliphatic carbocycles. The van der Waals surface area contributed by atoms with E-state index in [4.69, 9.17) is 20.4 Å². The highest BCUT2D eigenvalue weighted by molar-refractivity contribution is 6.38. The lowest BCUT2D eigenvalue weighted by molar-refractivity contribution is 0.615.